The largest absolute Gasteiger partial charge is 0.352 e. The fourth-order valence-corrected chi connectivity index (χ4v) is 3.62. The van der Waals surface area contributed by atoms with Gasteiger partial charge in [-0.15, -0.1) is 0 Å². The van der Waals surface area contributed by atoms with Crippen LogP contribution in [0.4, 0.5) is 0 Å². The summed E-state index contributed by atoms with van der Waals surface area (Å²) < 4.78 is 11.9. The molecule has 2 amide bonds. The molecule has 0 unspecified atom stereocenters. The van der Waals surface area contributed by atoms with Crippen LogP contribution in [-0.2, 0) is 4.57 Å². The number of fused-ring (bicyclic) bond motifs is 1. The Morgan fingerprint density at radius 1 is 0.818 bits per heavy atom. The number of hydrogen-bond acceptors (Lipinski definition) is 3. The first-order chi connectivity index (χ1) is 10.4. The summed E-state index contributed by atoms with van der Waals surface area (Å²) in [6.07, 6.45) is 0. The Hall–Kier alpha value is -2.27. The Kier molecular flexibility index (Phi) is 3.45. The monoisotopic (exact) mass is 317 g/mol. The van der Waals surface area contributed by atoms with Crippen molar-refractivity contribution in [2.24, 2.45) is 0 Å². The van der Waals surface area contributed by atoms with Crippen molar-refractivity contribution in [3.05, 3.63) is 71.3 Å². The number of carbonyl (C=O) groups excluding carboxylic acids is 2. The maximum Gasteiger partial charge on any atom is 0.352 e. The standard InChI is InChI=1S/C15H12NO5P/c17-13-11-8-4-5-9-12(11)14(18)16(13)15(22(19,20)21)10-6-2-1-3-7-10/h1-9,15H,(H2,19,20,21)/t15-/m1/s1. The van der Waals surface area contributed by atoms with Gasteiger partial charge in [0.05, 0.1) is 11.1 Å². The molecule has 1 aliphatic rings. The average molecular weight is 317 g/mol. The third kappa shape index (κ3) is 2.27. The SMILES string of the molecule is O=C1c2ccccc2C(=O)N1[C@@H](c1ccccc1)P(=O)(O)O. The maximum atomic E-state index is 12.4. The van der Waals surface area contributed by atoms with E-state index in [2.05, 4.69) is 0 Å². The zero-order chi connectivity index (χ0) is 15.9. The van der Waals surface area contributed by atoms with Gasteiger partial charge >= 0.3 is 7.60 Å². The molecule has 2 aromatic rings. The summed E-state index contributed by atoms with van der Waals surface area (Å²) in [5.74, 6) is -3.02. The molecule has 6 nitrogen and oxygen atoms in total. The number of imide groups is 1. The van der Waals surface area contributed by atoms with Crippen LogP contribution in [0.3, 0.4) is 0 Å². The van der Waals surface area contributed by atoms with Gasteiger partial charge in [0.25, 0.3) is 11.8 Å². The van der Waals surface area contributed by atoms with E-state index < -0.39 is 25.2 Å². The Bertz CT molecular complexity index is 764. The van der Waals surface area contributed by atoms with E-state index in [0.717, 1.165) is 0 Å². The van der Waals surface area contributed by atoms with Gasteiger partial charge in [-0.3, -0.25) is 19.1 Å². The first-order valence-electron chi connectivity index (χ1n) is 6.48. The second-order valence-electron chi connectivity index (χ2n) is 4.90. The molecule has 0 saturated carbocycles. The van der Waals surface area contributed by atoms with Gasteiger partial charge in [0.15, 0.2) is 5.78 Å². The topological polar surface area (TPSA) is 94.9 Å². The smallest absolute Gasteiger partial charge is 0.323 e. The van der Waals surface area contributed by atoms with Crippen LogP contribution in [0.15, 0.2) is 54.6 Å². The van der Waals surface area contributed by atoms with Crippen molar-refractivity contribution >= 4 is 19.4 Å². The van der Waals surface area contributed by atoms with E-state index in [-0.39, 0.29) is 16.7 Å². The minimum atomic E-state index is -4.77. The summed E-state index contributed by atoms with van der Waals surface area (Å²) >= 11 is 0. The van der Waals surface area contributed by atoms with Gasteiger partial charge in [0.2, 0.25) is 0 Å². The zero-order valence-corrected chi connectivity index (χ0v) is 12.2. The van der Waals surface area contributed by atoms with E-state index >= 15 is 0 Å². The van der Waals surface area contributed by atoms with Crippen molar-refractivity contribution in [3.63, 3.8) is 0 Å². The van der Waals surface area contributed by atoms with Gasteiger partial charge < -0.3 is 9.79 Å². The molecule has 7 heteroatoms. The number of benzene rings is 2. The van der Waals surface area contributed by atoms with Crippen molar-refractivity contribution in [1.82, 2.24) is 4.90 Å². The van der Waals surface area contributed by atoms with E-state index in [0.29, 0.717) is 4.90 Å². The van der Waals surface area contributed by atoms with Crippen molar-refractivity contribution in [3.8, 4) is 0 Å². The molecule has 0 saturated heterocycles. The second-order valence-corrected chi connectivity index (χ2v) is 6.57. The third-order valence-electron chi connectivity index (χ3n) is 3.49. The van der Waals surface area contributed by atoms with E-state index in [9.17, 15) is 23.9 Å². The predicted molar refractivity (Wildman–Crippen MR) is 78.2 cm³/mol. The van der Waals surface area contributed by atoms with Crippen LogP contribution in [0.2, 0.25) is 0 Å². The van der Waals surface area contributed by atoms with Crippen molar-refractivity contribution in [2.75, 3.05) is 0 Å². The lowest BCUT2D eigenvalue weighted by Gasteiger charge is -2.27. The molecule has 3 rings (SSSR count). The summed E-state index contributed by atoms with van der Waals surface area (Å²) in [6, 6.07) is 14.0. The van der Waals surface area contributed by atoms with Crippen LogP contribution in [0, 0.1) is 0 Å². The summed E-state index contributed by atoms with van der Waals surface area (Å²) in [7, 11) is -4.77. The quantitative estimate of drug-likeness (QED) is 0.668. The van der Waals surface area contributed by atoms with Crippen molar-refractivity contribution in [2.45, 2.75) is 5.78 Å². The summed E-state index contributed by atoms with van der Waals surface area (Å²) in [6.45, 7) is 0. The fourth-order valence-electron chi connectivity index (χ4n) is 2.55. The number of hydrogen-bond donors (Lipinski definition) is 2. The lowest BCUT2D eigenvalue weighted by molar-refractivity contribution is 0.0612. The van der Waals surface area contributed by atoms with Gasteiger partial charge in [0.1, 0.15) is 0 Å². The Morgan fingerprint density at radius 3 is 1.73 bits per heavy atom. The van der Waals surface area contributed by atoms with Crippen molar-refractivity contribution in [1.29, 1.82) is 0 Å². The molecular weight excluding hydrogens is 305 g/mol. The number of carbonyl (C=O) groups is 2. The summed E-state index contributed by atoms with van der Waals surface area (Å²) in [5, 5.41) is 0. The fraction of sp³-hybridized carbons (Fsp3) is 0.0667. The first-order valence-corrected chi connectivity index (χ1v) is 8.16. The maximum absolute atomic E-state index is 12.4. The Balaban J connectivity index is 2.14. The first kappa shape index (κ1) is 14.7. The average Bonchev–Trinajstić information content (AvgIpc) is 2.73. The molecule has 0 radical (unpaired) electrons. The predicted octanol–water partition coefficient (Wildman–Crippen LogP) is 2.16. The molecule has 0 aromatic heterocycles. The number of nitrogens with zero attached hydrogens (tertiary/aromatic N) is 1. The Morgan fingerprint density at radius 2 is 1.27 bits per heavy atom. The summed E-state index contributed by atoms with van der Waals surface area (Å²) in [5.41, 5.74) is 0.522. The lowest BCUT2D eigenvalue weighted by Crippen LogP contribution is -2.34. The van der Waals surface area contributed by atoms with Gasteiger partial charge in [-0.2, -0.15) is 0 Å². The molecule has 1 atom stereocenters. The van der Waals surface area contributed by atoms with Gasteiger partial charge in [-0.25, -0.2) is 0 Å². The van der Waals surface area contributed by atoms with Gasteiger partial charge in [0, 0.05) is 0 Å². The number of rotatable bonds is 3. The van der Waals surface area contributed by atoms with Crippen LogP contribution in [0.5, 0.6) is 0 Å². The molecule has 2 aromatic carbocycles. The molecule has 1 heterocycles. The van der Waals surface area contributed by atoms with E-state index in [4.69, 9.17) is 0 Å². The van der Waals surface area contributed by atoms with Crippen LogP contribution in [0.1, 0.15) is 32.1 Å². The van der Waals surface area contributed by atoms with Crippen LogP contribution in [0.25, 0.3) is 0 Å². The van der Waals surface area contributed by atoms with Gasteiger partial charge in [-0.1, -0.05) is 42.5 Å². The molecule has 0 fully saturated rings. The van der Waals surface area contributed by atoms with E-state index in [1.54, 1.807) is 30.3 Å². The molecule has 2 N–H and O–H groups in total. The number of amides is 2. The Labute approximate surface area is 126 Å². The molecule has 0 aliphatic carbocycles. The van der Waals surface area contributed by atoms with Crippen LogP contribution in [-0.4, -0.2) is 26.5 Å². The lowest BCUT2D eigenvalue weighted by atomic mass is 10.1. The molecule has 22 heavy (non-hydrogen) atoms. The van der Waals surface area contributed by atoms with E-state index in [1.807, 2.05) is 0 Å². The zero-order valence-electron chi connectivity index (χ0n) is 11.3. The van der Waals surface area contributed by atoms with E-state index in [1.165, 1.54) is 24.3 Å². The minimum absolute atomic E-state index is 0.155. The molecular formula is C15H12NO5P. The van der Waals surface area contributed by atoms with Crippen molar-refractivity contribution < 1.29 is 23.9 Å². The second kappa shape index (κ2) is 5.18. The highest BCUT2D eigenvalue weighted by atomic mass is 31.2. The molecule has 1 aliphatic heterocycles. The molecule has 0 bridgehead atoms. The highest BCUT2D eigenvalue weighted by molar-refractivity contribution is 7.52. The normalized spacial score (nSPS) is 15.8. The molecule has 0 spiro atoms. The highest BCUT2D eigenvalue weighted by Gasteiger charge is 2.47. The van der Waals surface area contributed by atoms with Gasteiger partial charge in [-0.05, 0) is 17.7 Å². The third-order valence-corrected chi connectivity index (χ3v) is 4.65. The van der Waals surface area contributed by atoms with Crippen LogP contribution < -0.4 is 0 Å². The molecule has 112 valence electrons. The van der Waals surface area contributed by atoms with Crippen LogP contribution >= 0.6 is 7.60 Å². The minimum Gasteiger partial charge on any atom is -0.323 e. The highest BCUT2D eigenvalue weighted by Crippen LogP contribution is 2.55. The summed E-state index contributed by atoms with van der Waals surface area (Å²) in [4.78, 5) is 44.9.